The molecule has 0 aliphatic carbocycles. The molecule has 3 aromatic carbocycles. The van der Waals surface area contributed by atoms with Gasteiger partial charge in [0.25, 0.3) is 5.91 Å². The quantitative estimate of drug-likeness (QED) is 0.289. The number of carbonyl (C=O) groups excluding carboxylic acids is 1. The molecule has 0 atom stereocenters. The highest BCUT2D eigenvalue weighted by Crippen LogP contribution is 2.26. The number of rotatable bonds is 11. The molecule has 0 saturated heterocycles. The molecule has 0 saturated carbocycles. The Morgan fingerprint density at radius 2 is 1.69 bits per heavy atom. The molecule has 6 heteroatoms. The minimum atomic E-state index is -0.151. The number of imidazole rings is 1. The number of nitrogens with one attached hydrogen (secondary N) is 1. The molecule has 182 valence electrons. The van der Waals surface area contributed by atoms with E-state index in [9.17, 15) is 4.79 Å². The summed E-state index contributed by atoms with van der Waals surface area (Å²) in [6, 6.07) is 23.6. The van der Waals surface area contributed by atoms with Gasteiger partial charge in [-0.15, -0.1) is 0 Å². The van der Waals surface area contributed by atoms with Gasteiger partial charge in [0.2, 0.25) is 0 Å². The summed E-state index contributed by atoms with van der Waals surface area (Å²) in [6.45, 7) is 6.26. The maximum absolute atomic E-state index is 12.7. The minimum absolute atomic E-state index is 0.151. The van der Waals surface area contributed by atoms with Gasteiger partial charge >= 0.3 is 0 Å². The van der Waals surface area contributed by atoms with Crippen molar-refractivity contribution in [3.05, 3.63) is 89.7 Å². The van der Waals surface area contributed by atoms with Gasteiger partial charge in [-0.25, -0.2) is 4.98 Å². The molecule has 4 rings (SSSR count). The third-order valence-corrected chi connectivity index (χ3v) is 6.04. The van der Waals surface area contributed by atoms with Gasteiger partial charge in [-0.2, -0.15) is 0 Å². The van der Waals surface area contributed by atoms with Crippen LogP contribution in [0.15, 0.2) is 72.8 Å². The Morgan fingerprint density at radius 1 is 0.971 bits per heavy atom. The average Bonchev–Trinajstić information content (AvgIpc) is 3.23. The molecule has 1 heterocycles. The number of hydrogen-bond acceptors (Lipinski definition) is 4. The molecule has 4 aromatic rings. The molecule has 0 radical (unpaired) electrons. The van der Waals surface area contributed by atoms with Crippen LogP contribution < -0.4 is 14.8 Å². The maximum atomic E-state index is 12.7. The Morgan fingerprint density at radius 3 is 2.49 bits per heavy atom. The van der Waals surface area contributed by atoms with Gasteiger partial charge in [0.15, 0.2) is 0 Å². The molecule has 0 fully saturated rings. The van der Waals surface area contributed by atoms with Crippen LogP contribution in [0.5, 0.6) is 11.5 Å². The highest BCUT2D eigenvalue weighted by molar-refractivity contribution is 5.96. The third kappa shape index (κ3) is 5.83. The zero-order chi connectivity index (χ0) is 24.6. The van der Waals surface area contributed by atoms with Crippen molar-refractivity contribution in [1.29, 1.82) is 0 Å². The SMILES string of the molecule is COc1ccccc1C(=O)NCCc1nc2ccccc2n1CCCOc1ccccc1C(C)C. The first-order valence-electron chi connectivity index (χ1n) is 12.2. The van der Waals surface area contributed by atoms with Crippen molar-refractivity contribution < 1.29 is 14.3 Å². The molecule has 0 aliphatic rings. The lowest BCUT2D eigenvalue weighted by Gasteiger charge is -2.15. The Balaban J connectivity index is 1.39. The lowest BCUT2D eigenvalue weighted by Crippen LogP contribution is -2.27. The summed E-state index contributed by atoms with van der Waals surface area (Å²) in [5, 5.41) is 3.00. The number of hydrogen-bond donors (Lipinski definition) is 1. The van der Waals surface area contributed by atoms with Crippen LogP contribution in [-0.2, 0) is 13.0 Å². The fourth-order valence-electron chi connectivity index (χ4n) is 4.27. The van der Waals surface area contributed by atoms with Gasteiger partial charge < -0.3 is 19.4 Å². The second-order valence-corrected chi connectivity index (χ2v) is 8.77. The Bertz CT molecular complexity index is 1280. The van der Waals surface area contributed by atoms with E-state index in [2.05, 4.69) is 41.9 Å². The average molecular weight is 472 g/mol. The standard InChI is InChI=1S/C29H33N3O3/c1-21(2)22-11-4-9-16-27(22)35-20-10-19-32-25-14-7-6-13-24(25)31-28(32)17-18-30-29(33)23-12-5-8-15-26(23)34-3/h4-9,11-16,21H,10,17-20H2,1-3H3,(H,30,33). The highest BCUT2D eigenvalue weighted by Gasteiger charge is 2.14. The van der Waals surface area contributed by atoms with Crippen LogP contribution in [0.2, 0.25) is 0 Å². The Hall–Kier alpha value is -3.80. The van der Waals surface area contributed by atoms with Gasteiger partial charge in [-0.05, 0) is 48.2 Å². The van der Waals surface area contributed by atoms with Gasteiger partial charge in [-0.1, -0.05) is 56.3 Å². The first kappa shape index (κ1) is 24.3. The second kappa shape index (κ2) is 11.6. The predicted octanol–water partition coefficient (Wildman–Crippen LogP) is 5.61. The lowest BCUT2D eigenvalue weighted by atomic mass is 10.0. The lowest BCUT2D eigenvalue weighted by molar-refractivity contribution is 0.0951. The number of fused-ring (bicyclic) bond motifs is 1. The number of para-hydroxylation sites is 4. The largest absolute Gasteiger partial charge is 0.496 e. The summed E-state index contributed by atoms with van der Waals surface area (Å²) in [6.07, 6.45) is 1.49. The van der Waals surface area contributed by atoms with Crippen molar-refractivity contribution in [1.82, 2.24) is 14.9 Å². The van der Waals surface area contributed by atoms with Crippen LogP contribution in [0.25, 0.3) is 11.0 Å². The Labute approximate surface area is 206 Å². The molecular weight excluding hydrogens is 438 g/mol. The van der Waals surface area contributed by atoms with Crippen LogP contribution in [0, 0.1) is 0 Å². The highest BCUT2D eigenvalue weighted by atomic mass is 16.5. The van der Waals surface area contributed by atoms with Crippen molar-refractivity contribution in [3.8, 4) is 11.5 Å². The molecule has 0 aliphatic heterocycles. The van der Waals surface area contributed by atoms with Crippen LogP contribution in [0.4, 0.5) is 0 Å². The molecule has 6 nitrogen and oxygen atoms in total. The van der Waals surface area contributed by atoms with Crippen molar-refractivity contribution in [3.63, 3.8) is 0 Å². The summed E-state index contributed by atoms with van der Waals surface area (Å²) in [5.74, 6) is 2.74. The van der Waals surface area contributed by atoms with E-state index in [0.717, 1.165) is 35.6 Å². The van der Waals surface area contributed by atoms with Crippen LogP contribution in [0.3, 0.4) is 0 Å². The van der Waals surface area contributed by atoms with E-state index in [1.54, 1.807) is 19.2 Å². The van der Waals surface area contributed by atoms with E-state index in [1.165, 1.54) is 5.56 Å². The number of methoxy groups -OCH3 is 1. The van der Waals surface area contributed by atoms with Crippen LogP contribution in [-0.4, -0.2) is 35.7 Å². The molecule has 1 N–H and O–H groups in total. The number of carbonyl (C=O) groups is 1. The van der Waals surface area contributed by atoms with Crippen molar-refractivity contribution >= 4 is 16.9 Å². The zero-order valence-electron chi connectivity index (χ0n) is 20.7. The van der Waals surface area contributed by atoms with Crippen molar-refractivity contribution in [2.45, 2.75) is 39.2 Å². The topological polar surface area (TPSA) is 65.4 Å². The van der Waals surface area contributed by atoms with E-state index in [-0.39, 0.29) is 5.91 Å². The molecule has 1 amide bonds. The molecule has 0 bridgehead atoms. The fourth-order valence-corrected chi connectivity index (χ4v) is 4.27. The smallest absolute Gasteiger partial charge is 0.255 e. The third-order valence-electron chi connectivity index (χ3n) is 6.04. The number of amides is 1. The van der Waals surface area contributed by atoms with E-state index in [1.807, 2.05) is 42.5 Å². The summed E-state index contributed by atoms with van der Waals surface area (Å²) in [7, 11) is 1.57. The fraction of sp³-hybridized carbons (Fsp3) is 0.310. The van der Waals surface area contributed by atoms with Crippen LogP contribution >= 0.6 is 0 Å². The van der Waals surface area contributed by atoms with Crippen LogP contribution in [0.1, 0.15) is 47.9 Å². The van der Waals surface area contributed by atoms with E-state index in [0.29, 0.717) is 36.8 Å². The van der Waals surface area contributed by atoms with E-state index in [4.69, 9.17) is 14.5 Å². The van der Waals surface area contributed by atoms with Crippen molar-refractivity contribution in [2.24, 2.45) is 0 Å². The predicted molar refractivity (Wildman–Crippen MR) is 139 cm³/mol. The molecule has 0 unspecified atom stereocenters. The number of aryl methyl sites for hydroxylation is 1. The van der Waals surface area contributed by atoms with E-state index < -0.39 is 0 Å². The Kier molecular flexibility index (Phi) is 8.03. The molecule has 35 heavy (non-hydrogen) atoms. The number of aromatic nitrogens is 2. The van der Waals surface area contributed by atoms with Gasteiger partial charge in [-0.3, -0.25) is 4.79 Å². The summed E-state index contributed by atoms with van der Waals surface area (Å²) in [5.41, 5.74) is 3.82. The summed E-state index contributed by atoms with van der Waals surface area (Å²) in [4.78, 5) is 17.5. The van der Waals surface area contributed by atoms with Gasteiger partial charge in [0.1, 0.15) is 17.3 Å². The number of nitrogens with zero attached hydrogens (tertiary/aromatic N) is 2. The zero-order valence-corrected chi connectivity index (χ0v) is 20.7. The summed E-state index contributed by atoms with van der Waals surface area (Å²) < 4.78 is 13.7. The maximum Gasteiger partial charge on any atom is 0.255 e. The summed E-state index contributed by atoms with van der Waals surface area (Å²) >= 11 is 0. The molecular formula is C29H33N3O3. The second-order valence-electron chi connectivity index (χ2n) is 8.77. The van der Waals surface area contributed by atoms with Gasteiger partial charge in [0.05, 0.1) is 30.3 Å². The van der Waals surface area contributed by atoms with Crippen molar-refractivity contribution in [2.75, 3.05) is 20.3 Å². The molecule has 0 spiro atoms. The number of ether oxygens (including phenoxy) is 2. The normalized spacial score (nSPS) is 11.1. The van der Waals surface area contributed by atoms with Gasteiger partial charge in [0, 0.05) is 19.5 Å². The number of benzene rings is 3. The molecule has 1 aromatic heterocycles. The first-order chi connectivity index (χ1) is 17.1. The monoisotopic (exact) mass is 471 g/mol. The van der Waals surface area contributed by atoms with E-state index >= 15 is 0 Å². The first-order valence-corrected chi connectivity index (χ1v) is 12.2. The minimum Gasteiger partial charge on any atom is -0.496 e.